The molecule has 0 aliphatic heterocycles. The van der Waals surface area contributed by atoms with Crippen molar-refractivity contribution in [2.45, 2.75) is 58.9 Å². The normalized spacial score (nSPS) is 14.8. The molecule has 0 atom stereocenters. The number of nitrogens with one attached hydrogen (secondary N) is 1. The Morgan fingerprint density at radius 1 is 1.06 bits per heavy atom. The van der Waals surface area contributed by atoms with Crippen LogP contribution in [0.2, 0.25) is 0 Å². The van der Waals surface area contributed by atoms with Gasteiger partial charge in [-0.1, -0.05) is 68.4 Å². The minimum Gasteiger partial charge on any atom is -0.478 e. The lowest BCUT2D eigenvalue weighted by Crippen LogP contribution is -2.22. The van der Waals surface area contributed by atoms with Gasteiger partial charge in [-0.2, -0.15) is 0 Å². The van der Waals surface area contributed by atoms with Crippen molar-refractivity contribution in [1.29, 1.82) is 0 Å². The van der Waals surface area contributed by atoms with E-state index in [1.54, 1.807) is 11.3 Å². The van der Waals surface area contributed by atoms with Crippen molar-refractivity contribution >= 4 is 17.3 Å². The number of aromatic carboxylic acids is 1. The number of rotatable bonds is 9. The number of hydrogen-bond acceptors (Lipinski definition) is 3. The van der Waals surface area contributed by atoms with Gasteiger partial charge in [-0.05, 0) is 72.7 Å². The summed E-state index contributed by atoms with van der Waals surface area (Å²) in [6.07, 6.45) is 6.34. The molecule has 0 fully saturated rings. The maximum atomic E-state index is 12.3. The highest BCUT2D eigenvalue weighted by Crippen LogP contribution is 2.45. The Morgan fingerprint density at radius 3 is 2.59 bits per heavy atom. The van der Waals surface area contributed by atoms with E-state index in [1.807, 2.05) is 12.1 Å². The summed E-state index contributed by atoms with van der Waals surface area (Å²) in [5.74, 6) is -0.793. The Kier molecular flexibility index (Phi) is 7.12. The van der Waals surface area contributed by atoms with Crippen LogP contribution in [0.1, 0.15) is 65.0 Å². The van der Waals surface area contributed by atoms with Crippen molar-refractivity contribution in [1.82, 2.24) is 5.32 Å². The van der Waals surface area contributed by atoms with Crippen molar-refractivity contribution in [2.24, 2.45) is 5.41 Å². The van der Waals surface area contributed by atoms with Crippen molar-refractivity contribution < 1.29 is 9.90 Å². The Hall–Kier alpha value is -2.43. The molecule has 2 N–H and O–H groups in total. The Morgan fingerprint density at radius 2 is 1.81 bits per heavy atom. The number of thiophene rings is 1. The largest absolute Gasteiger partial charge is 0.478 e. The quantitative estimate of drug-likeness (QED) is 0.357. The first-order valence-corrected chi connectivity index (χ1v) is 12.5. The lowest BCUT2D eigenvalue weighted by atomic mass is 9.76. The lowest BCUT2D eigenvalue weighted by Gasteiger charge is -2.29. The van der Waals surface area contributed by atoms with Gasteiger partial charge in [0.1, 0.15) is 0 Å². The van der Waals surface area contributed by atoms with E-state index >= 15 is 0 Å². The van der Waals surface area contributed by atoms with E-state index in [1.165, 1.54) is 16.0 Å². The summed E-state index contributed by atoms with van der Waals surface area (Å²) in [6.45, 7) is 6.21. The highest BCUT2D eigenvalue weighted by molar-refractivity contribution is 7.16. The third-order valence-corrected chi connectivity index (χ3v) is 7.80. The molecule has 168 valence electrons. The maximum absolute atomic E-state index is 12.3. The number of aryl methyl sites for hydroxylation is 2. The van der Waals surface area contributed by atoms with Gasteiger partial charge in [-0.15, -0.1) is 11.3 Å². The molecule has 0 amide bonds. The predicted molar refractivity (Wildman–Crippen MR) is 134 cm³/mol. The first-order chi connectivity index (χ1) is 15.4. The number of benzene rings is 2. The third kappa shape index (κ3) is 5.31. The predicted octanol–water partition coefficient (Wildman–Crippen LogP) is 6.74. The molecular formula is C28H33NO2S. The van der Waals surface area contributed by atoms with Gasteiger partial charge < -0.3 is 10.4 Å². The van der Waals surface area contributed by atoms with Crippen molar-refractivity contribution in [3.05, 3.63) is 81.7 Å². The molecule has 1 aromatic heterocycles. The first kappa shape index (κ1) is 22.8. The van der Waals surface area contributed by atoms with Crippen molar-refractivity contribution in [3.8, 4) is 10.4 Å². The Labute approximate surface area is 195 Å². The third-order valence-electron chi connectivity index (χ3n) is 6.48. The van der Waals surface area contributed by atoms with Gasteiger partial charge in [0.25, 0.3) is 0 Å². The van der Waals surface area contributed by atoms with E-state index in [-0.39, 0.29) is 5.41 Å². The highest BCUT2D eigenvalue weighted by Gasteiger charge is 2.33. The minimum atomic E-state index is -0.793. The Balaban J connectivity index is 1.45. The number of carbonyl (C=O) groups is 1. The molecule has 0 spiro atoms. The first-order valence-electron chi connectivity index (χ1n) is 11.7. The molecule has 0 bridgehead atoms. The van der Waals surface area contributed by atoms with Gasteiger partial charge in [0.05, 0.1) is 5.56 Å². The summed E-state index contributed by atoms with van der Waals surface area (Å²) < 4.78 is 0. The van der Waals surface area contributed by atoms with Crippen molar-refractivity contribution in [2.75, 3.05) is 6.54 Å². The molecule has 0 saturated heterocycles. The molecular weight excluding hydrogens is 414 g/mol. The molecule has 1 heterocycles. The van der Waals surface area contributed by atoms with Gasteiger partial charge in [0, 0.05) is 16.3 Å². The van der Waals surface area contributed by atoms with Gasteiger partial charge in [-0.25, -0.2) is 4.79 Å². The van der Waals surface area contributed by atoms with Crippen LogP contribution in [0.5, 0.6) is 0 Å². The van der Waals surface area contributed by atoms with Crippen LogP contribution in [0, 0.1) is 5.41 Å². The van der Waals surface area contributed by atoms with E-state index < -0.39 is 5.97 Å². The van der Waals surface area contributed by atoms with Crippen LogP contribution < -0.4 is 5.32 Å². The Bertz CT molecular complexity index is 1070. The summed E-state index contributed by atoms with van der Waals surface area (Å²) in [4.78, 5) is 14.5. The molecule has 2 aromatic carbocycles. The maximum Gasteiger partial charge on any atom is 0.337 e. The minimum absolute atomic E-state index is 0.163. The molecule has 0 saturated carbocycles. The number of carboxylic acid groups (broad SMARTS) is 1. The molecule has 0 unspecified atom stereocenters. The second kappa shape index (κ2) is 10.0. The fourth-order valence-electron chi connectivity index (χ4n) is 4.68. The molecule has 3 aromatic rings. The number of unbranched alkanes of at least 4 members (excludes halogenated alkanes) is 1. The zero-order chi connectivity index (χ0) is 22.6. The molecule has 3 nitrogen and oxygen atoms in total. The van der Waals surface area contributed by atoms with Crippen molar-refractivity contribution in [3.63, 3.8) is 0 Å². The van der Waals surface area contributed by atoms with E-state index in [0.717, 1.165) is 67.6 Å². The van der Waals surface area contributed by atoms with E-state index in [2.05, 4.69) is 61.6 Å². The summed E-state index contributed by atoms with van der Waals surface area (Å²) in [7, 11) is 0. The fraction of sp³-hybridized carbons (Fsp3) is 0.393. The van der Waals surface area contributed by atoms with Crippen LogP contribution in [0.15, 0.2) is 54.6 Å². The van der Waals surface area contributed by atoms with Gasteiger partial charge in [0.15, 0.2) is 0 Å². The fourth-order valence-corrected chi connectivity index (χ4v) is 6.05. The molecule has 4 heteroatoms. The summed E-state index contributed by atoms with van der Waals surface area (Å²) in [6, 6.07) is 18.9. The van der Waals surface area contributed by atoms with Crippen LogP contribution in [0.3, 0.4) is 0 Å². The SMILES string of the molecule is CC1(C)CCc2sc(-c3ccccc3CNCCCCc3ccccc3)c(C(=O)O)c2C1. The molecule has 0 radical (unpaired) electrons. The second-order valence-corrected chi connectivity index (χ2v) is 10.7. The highest BCUT2D eigenvalue weighted by atomic mass is 32.1. The molecule has 32 heavy (non-hydrogen) atoms. The monoisotopic (exact) mass is 447 g/mol. The standard InChI is InChI=1S/C28H33NO2S/c1-28(2)16-15-24-23(18-28)25(27(30)31)26(32-24)22-14-7-6-13-21(22)19-29-17-9-8-12-20-10-4-3-5-11-20/h3-7,10-11,13-14,29H,8-9,12,15-19H2,1-2H3,(H,30,31). The van der Waals surface area contributed by atoms with E-state index in [9.17, 15) is 9.90 Å². The average molecular weight is 448 g/mol. The summed E-state index contributed by atoms with van der Waals surface area (Å²) >= 11 is 1.69. The van der Waals surface area contributed by atoms with Crippen LogP contribution >= 0.6 is 11.3 Å². The summed E-state index contributed by atoms with van der Waals surface area (Å²) in [5, 5.41) is 13.7. The molecule has 1 aliphatic rings. The topological polar surface area (TPSA) is 49.3 Å². The molecule has 1 aliphatic carbocycles. The average Bonchev–Trinajstić information content (AvgIpc) is 3.14. The zero-order valence-electron chi connectivity index (χ0n) is 19.1. The van der Waals surface area contributed by atoms with Gasteiger partial charge >= 0.3 is 5.97 Å². The van der Waals surface area contributed by atoms with Gasteiger partial charge in [0.2, 0.25) is 0 Å². The van der Waals surface area contributed by atoms with Crippen LogP contribution in [-0.2, 0) is 25.8 Å². The number of carboxylic acids is 1. The summed E-state index contributed by atoms with van der Waals surface area (Å²) in [5.41, 5.74) is 5.40. The van der Waals surface area contributed by atoms with Crippen LogP contribution in [-0.4, -0.2) is 17.6 Å². The van der Waals surface area contributed by atoms with Crippen LogP contribution in [0.25, 0.3) is 10.4 Å². The lowest BCUT2D eigenvalue weighted by molar-refractivity contribution is 0.0696. The van der Waals surface area contributed by atoms with Crippen LogP contribution in [0.4, 0.5) is 0 Å². The van der Waals surface area contributed by atoms with E-state index in [0.29, 0.717) is 5.56 Å². The second-order valence-electron chi connectivity index (χ2n) is 9.63. The zero-order valence-corrected chi connectivity index (χ0v) is 19.9. The smallest absolute Gasteiger partial charge is 0.337 e. The number of fused-ring (bicyclic) bond motifs is 1. The van der Waals surface area contributed by atoms with E-state index in [4.69, 9.17) is 0 Å². The van der Waals surface area contributed by atoms with Gasteiger partial charge in [-0.3, -0.25) is 0 Å². The number of hydrogen-bond donors (Lipinski definition) is 2. The molecule has 4 rings (SSSR count).